The number of hydrogen-bond donors (Lipinski definition) is 3. The molecule has 0 radical (unpaired) electrons. The van der Waals surface area contributed by atoms with Gasteiger partial charge in [-0.15, -0.1) is 0 Å². The number of esters is 1. The molecule has 0 saturated carbocycles. The van der Waals surface area contributed by atoms with Crippen molar-refractivity contribution < 1.29 is 34.1 Å². The van der Waals surface area contributed by atoms with Crippen molar-refractivity contribution in [2.24, 2.45) is 0 Å². The number of carbonyl (C=O) groups is 3. The highest BCUT2D eigenvalue weighted by Gasteiger charge is 2.17. The van der Waals surface area contributed by atoms with Crippen LogP contribution in [-0.2, 0) is 33.8 Å². The van der Waals surface area contributed by atoms with Gasteiger partial charge in [-0.1, -0.05) is 36.4 Å². The standard InChI is InChI=1S/C13H17NO4.C13H18O3/c1-13(2,3)18-12(17)14-8-9-5-4-6-10(7-9)11(15)16;1-13(2,3)16-12(15)8-10-5-4-6-11(7-10)9-14/h4-7H,8H2,1-3H3,(H,14,17)(H,15,16);4-7,14H,8-9H2,1-3H3. The van der Waals surface area contributed by atoms with E-state index in [1.165, 1.54) is 12.1 Å². The molecule has 1 amide bonds. The highest BCUT2D eigenvalue weighted by atomic mass is 16.6. The van der Waals surface area contributed by atoms with Gasteiger partial charge in [0.05, 0.1) is 18.6 Å². The van der Waals surface area contributed by atoms with E-state index in [4.69, 9.17) is 19.7 Å². The van der Waals surface area contributed by atoms with Crippen LogP contribution in [0.2, 0.25) is 0 Å². The number of aliphatic hydroxyl groups excluding tert-OH is 1. The fourth-order valence-corrected chi connectivity index (χ4v) is 2.68. The summed E-state index contributed by atoms with van der Waals surface area (Å²) in [6.07, 6.45) is -0.284. The topological polar surface area (TPSA) is 122 Å². The molecule has 0 saturated heterocycles. The van der Waals surface area contributed by atoms with E-state index in [1.54, 1.807) is 32.9 Å². The van der Waals surface area contributed by atoms with E-state index >= 15 is 0 Å². The molecule has 34 heavy (non-hydrogen) atoms. The summed E-state index contributed by atoms with van der Waals surface area (Å²) in [5.74, 6) is -1.24. The zero-order chi connectivity index (χ0) is 25.9. The van der Waals surface area contributed by atoms with Crippen LogP contribution in [0.1, 0.15) is 68.6 Å². The molecular weight excluding hydrogens is 438 g/mol. The largest absolute Gasteiger partial charge is 0.478 e. The number of carboxylic acid groups (broad SMARTS) is 1. The van der Waals surface area contributed by atoms with Crippen LogP contribution in [0.3, 0.4) is 0 Å². The van der Waals surface area contributed by atoms with E-state index < -0.39 is 23.3 Å². The zero-order valence-corrected chi connectivity index (χ0v) is 20.7. The summed E-state index contributed by atoms with van der Waals surface area (Å²) in [7, 11) is 0. The van der Waals surface area contributed by atoms with Crippen LogP contribution in [0.15, 0.2) is 48.5 Å². The second-order valence-corrected chi connectivity index (χ2v) is 9.60. The van der Waals surface area contributed by atoms with E-state index in [0.29, 0.717) is 5.56 Å². The Morgan fingerprint density at radius 1 is 0.824 bits per heavy atom. The van der Waals surface area contributed by atoms with Gasteiger partial charge in [-0.3, -0.25) is 4.79 Å². The van der Waals surface area contributed by atoms with Crippen molar-refractivity contribution in [1.82, 2.24) is 5.32 Å². The summed E-state index contributed by atoms with van der Waals surface area (Å²) in [4.78, 5) is 33.7. The summed E-state index contributed by atoms with van der Waals surface area (Å²) in [5.41, 5.74) is 1.57. The van der Waals surface area contributed by atoms with Crippen LogP contribution in [0.5, 0.6) is 0 Å². The predicted molar refractivity (Wildman–Crippen MR) is 128 cm³/mol. The molecule has 0 heterocycles. The first-order valence-electron chi connectivity index (χ1n) is 10.9. The van der Waals surface area contributed by atoms with Crippen molar-refractivity contribution in [2.75, 3.05) is 0 Å². The lowest BCUT2D eigenvalue weighted by atomic mass is 10.1. The van der Waals surface area contributed by atoms with Gasteiger partial charge in [0, 0.05) is 6.54 Å². The Morgan fingerprint density at radius 3 is 1.94 bits per heavy atom. The smallest absolute Gasteiger partial charge is 0.407 e. The van der Waals surface area contributed by atoms with Crippen molar-refractivity contribution in [1.29, 1.82) is 0 Å². The molecule has 0 aliphatic rings. The summed E-state index contributed by atoms with van der Waals surface area (Å²) >= 11 is 0. The van der Waals surface area contributed by atoms with Gasteiger partial charge in [-0.2, -0.15) is 0 Å². The predicted octanol–water partition coefficient (Wildman–Crippen LogP) is 4.47. The van der Waals surface area contributed by atoms with E-state index in [2.05, 4.69) is 5.32 Å². The normalized spacial score (nSPS) is 11.0. The first-order valence-corrected chi connectivity index (χ1v) is 10.9. The fraction of sp³-hybridized carbons (Fsp3) is 0.423. The molecule has 0 bridgehead atoms. The van der Waals surface area contributed by atoms with Crippen molar-refractivity contribution in [3.05, 3.63) is 70.8 Å². The molecule has 8 nitrogen and oxygen atoms in total. The SMILES string of the molecule is CC(C)(C)OC(=O)Cc1cccc(CO)c1.CC(C)(C)OC(=O)NCc1cccc(C(=O)O)c1. The van der Waals surface area contributed by atoms with E-state index in [9.17, 15) is 14.4 Å². The molecular formula is C26H35NO7. The second kappa shape index (κ2) is 12.7. The monoisotopic (exact) mass is 473 g/mol. The van der Waals surface area contributed by atoms with Gasteiger partial charge in [-0.05, 0) is 70.4 Å². The maximum atomic E-state index is 11.5. The van der Waals surface area contributed by atoms with Crippen molar-refractivity contribution >= 4 is 18.0 Å². The third kappa shape index (κ3) is 12.6. The molecule has 3 N–H and O–H groups in total. The number of aliphatic hydroxyl groups is 1. The lowest BCUT2D eigenvalue weighted by molar-refractivity contribution is -0.153. The quantitative estimate of drug-likeness (QED) is 0.529. The van der Waals surface area contributed by atoms with Gasteiger partial charge < -0.3 is 25.0 Å². The van der Waals surface area contributed by atoms with Crippen molar-refractivity contribution in [3.63, 3.8) is 0 Å². The van der Waals surface area contributed by atoms with Crippen LogP contribution in [0.25, 0.3) is 0 Å². The third-order valence-electron chi connectivity index (χ3n) is 3.95. The molecule has 0 atom stereocenters. The molecule has 2 aromatic carbocycles. The van der Waals surface area contributed by atoms with Crippen LogP contribution < -0.4 is 5.32 Å². The lowest BCUT2D eigenvalue weighted by Crippen LogP contribution is -2.32. The molecule has 0 spiro atoms. The minimum absolute atomic E-state index is 0.0117. The number of aromatic carboxylic acids is 1. The van der Waals surface area contributed by atoms with Crippen LogP contribution in [-0.4, -0.2) is 39.4 Å². The van der Waals surface area contributed by atoms with E-state index in [-0.39, 0.29) is 31.1 Å². The number of alkyl carbamates (subject to hydrolysis) is 1. The van der Waals surface area contributed by atoms with Crippen molar-refractivity contribution in [3.8, 4) is 0 Å². The highest BCUT2D eigenvalue weighted by Crippen LogP contribution is 2.12. The van der Waals surface area contributed by atoms with Gasteiger partial charge in [0.15, 0.2) is 0 Å². The van der Waals surface area contributed by atoms with Crippen molar-refractivity contribution in [2.45, 2.75) is 72.3 Å². The van der Waals surface area contributed by atoms with Gasteiger partial charge in [0.1, 0.15) is 11.2 Å². The van der Waals surface area contributed by atoms with E-state index in [0.717, 1.165) is 11.1 Å². The first kappa shape index (κ1) is 28.6. The minimum Gasteiger partial charge on any atom is -0.478 e. The van der Waals surface area contributed by atoms with E-state index in [1.807, 2.05) is 45.0 Å². The summed E-state index contributed by atoms with van der Waals surface area (Å²) in [6.45, 7) is 11.1. The van der Waals surface area contributed by atoms with Crippen LogP contribution in [0.4, 0.5) is 4.79 Å². The van der Waals surface area contributed by atoms with Gasteiger partial charge >= 0.3 is 18.0 Å². The average Bonchev–Trinajstić information content (AvgIpc) is 2.70. The number of hydrogen-bond acceptors (Lipinski definition) is 6. The lowest BCUT2D eigenvalue weighted by Gasteiger charge is -2.19. The molecule has 8 heteroatoms. The summed E-state index contributed by atoms with van der Waals surface area (Å²) in [5, 5.41) is 20.4. The molecule has 2 rings (SSSR count). The number of carbonyl (C=O) groups excluding carboxylic acids is 2. The Balaban J connectivity index is 0.000000342. The first-order chi connectivity index (χ1) is 15.7. The number of benzene rings is 2. The number of amides is 1. The average molecular weight is 474 g/mol. The molecule has 186 valence electrons. The fourth-order valence-electron chi connectivity index (χ4n) is 2.68. The second-order valence-electron chi connectivity index (χ2n) is 9.60. The number of ether oxygens (including phenoxy) is 2. The molecule has 0 aliphatic heterocycles. The van der Waals surface area contributed by atoms with Gasteiger partial charge in [0.2, 0.25) is 0 Å². The molecule has 0 unspecified atom stereocenters. The maximum Gasteiger partial charge on any atom is 0.407 e. The Morgan fingerprint density at radius 2 is 1.38 bits per heavy atom. The van der Waals surface area contributed by atoms with Crippen LogP contribution in [0, 0.1) is 0 Å². The van der Waals surface area contributed by atoms with Gasteiger partial charge in [-0.25, -0.2) is 9.59 Å². The third-order valence-corrected chi connectivity index (χ3v) is 3.95. The molecule has 0 fully saturated rings. The summed E-state index contributed by atoms with van der Waals surface area (Å²) < 4.78 is 10.3. The number of nitrogens with one attached hydrogen (secondary N) is 1. The molecule has 0 aromatic heterocycles. The summed E-state index contributed by atoms with van der Waals surface area (Å²) in [6, 6.07) is 13.7. The zero-order valence-electron chi connectivity index (χ0n) is 20.7. The number of carboxylic acids is 1. The molecule has 2 aromatic rings. The Bertz CT molecular complexity index is 972. The highest BCUT2D eigenvalue weighted by molar-refractivity contribution is 5.87. The van der Waals surface area contributed by atoms with Crippen LogP contribution >= 0.6 is 0 Å². The molecule has 0 aliphatic carbocycles. The Hall–Kier alpha value is -3.39. The Labute approximate surface area is 200 Å². The minimum atomic E-state index is -0.992. The van der Waals surface area contributed by atoms with Gasteiger partial charge in [0.25, 0.3) is 0 Å². The maximum absolute atomic E-state index is 11.5. The Kier molecular flexibility index (Phi) is 10.7. The number of rotatable bonds is 6.